The van der Waals surface area contributed by atoms with Crippen LogP contribution in [0.4, 0.5) is 8.78 Å². The Morgan fingerprint density at radius 2 is 2.00 bits per heavy atom. The molecule has 0 unspecified atom stereocenters. The molecule has 0 aliphatic carbocycles. The summed E-state index contributed by atoms with van der Waals surface area (Å²) in [5, 5.41) is 9.57. The average molecular weight is 257 g/mol. The normalized spacial score (nSPS) is 11.4. The Morgan fingerprint density at radius 1 is 1.39 bits per heavy atom. The van der Waals surface area contributed by atoms with Gasteiger partial charge in [0.05, 0.1) is 12.0 Å². The van der Waals surface area contributed by atoms with E-state index in [0.717, 1.165) is 6.07 Å². The minimum absolute atomic E-state index is 0.0163. The summed E-state index contributed by atoms with van der Waals surface area (Å²) in [7, 11) is 1.51. The molecule has 100 valence electrons. The molecule has 1 rings (SSSR count). The molecule has 0 heterocycles. The number of amides is 1. The molecular weight excluding hydrogens is 240 g/mol. The first kappa shape index (κ1) is 14.6. The lowest BCUT2D eigenvalue weighted by atomic mass is 10.1. The molecule has 1 N–H and O–H groups in total. The van der Waals surface area contributed by atoms with Crippen LogP contribution in [-0.2, 0) is 11.2 Å². The van der Waals surface area contributed by atoms with Crippen LogP contribution < -0.4 is 0 Å². The van der Waals surface area contributed by atoms with Crippen molar-refractivity contribution in [3.05, 3.63) is 35.4 Å². The number of aliphatic hydroxyl groups is 1. The fourth-order valence-electron chi connectivity index (χ4n) is 1.65. The van der Waals surface area contributed by atoms with Crippen LogP contribution in [0.15, 0.2) is 18.2 Å². The highest BCUT2D eigenvalue weighted by Gasteiger charge is 2.20. The van der Waals surface area contributed by atoms with E-state index in [0.29, 0.717) is 0 Å². The number of benzene rings is 1. The van der Waals surface area contributed by atoms with Crippen LogP contribution in [0.25, 0.3) is 0 Å². The van der Waals surface area contributed by atoms with Crippen molar-refractivity contribution in [3.8, 4) is 0 Å². The molecule has 1 aromatic rings. The lowest BCUT2D eigenvalue weighted by molar-refractivity contribution is -0.131. The summed E-state index contributed by atoms with van der Waals surface area (Å²) >= 11 is 0. The largest absolute Gasteiger partial charge is 0.389 e. The fraction of sp³-hybridized carbons (Fsp3) is 0.462. The minimum Gasteiger partial charge on any atom is -0.389 e. The SMILES string of the molecule is CN(CC(C)(C)O)C(=O)Cc1cccc(F)c1F. The van der Waals surface area contributed by atoms with E-state index in [9.17, 15) is 18.7 Å². The first-order valence-corrected chi connectivity index (χ1v) is 5.60. The molecule has 5 heteroatoms. The molecule has 0 aliphatic rings. The second kappa shape index (κ2) is 5.44. The van der Waals surface area contributed by atoms with Crippen molar-refractivity contribution in [1.29, 1.82) is 0 Å². The van der Waals surface area contributed by atoms with E-state index < -0.39 is 17.2 Å². The van der Waals surface area contributed by atoms with Crippen LogP contribution in [-0.4, -0.2) is 35.1 Å². The van der Waals surface area contributed by atoms with E-state index in [4.69, 9.17) is 0 Å². The van der Waals surface area contributed by atoms with E-state index in [-0.39, 0.29) is 24.4 Å². The zero-order chi connectivity index (χ0) is 13.9. The number of hydrogen-bond donors (Lipinski definition) is 1. The first-order valence-electron chi connectivity index (χ1n) is 5.60. The van der Waals surface area contributed by atoms with Gasteiger partial charge in [-0.25, -0.2) is 8.78 Å². The molecule has 3 nitrogen and oxygen atoms in total. The molecule has 1 amide bonds. The zero-order valence-corrected chi connectivity index (χ0v) is 10.7. The lowest BCUT2D eigenvalue weighted by Crippen LogP contribution is -2.40. The van der Waals surface area contributed by atoms with Crippen LogP contribution in [0.3, 0.4) is 0 Å². The molecular formula is C13H17F2NO2. The predicted octanol–water partition coefficient (Wildman–Crippen LogP) is 1.74. The van der Waals surface area contributed by atoms with E-state index in [1.807, 2.05) is 0 Å². The Hall–Kier alpha value is -1.49. The van der Waals surface area contributed by atoms with Crippen LogP contribution in [0, 0.1) is 11.6 Å². The summed E-state index contributed by atoms with van der Waals surface area (Å²) < 4.78 is 26.3. The Kier molecular flexibility index (Phi) is 4.40. The highest BCUT2D eigenvalue weighted by atomic mass is 19.2. The van der Waals surface area contributed by atoms with Gasteiger partial charge in [-0.15, -0.1) is 0 Å². The van der Waals surface area contributed by atoms with Crippen LogP contribution in [0.5, 0.6) is 0 Å². The molecule has 0 fully saturated rings. The monoisotopic (exact) mass is 257 g/mol. The molecule has 0 aliphatic heterocycles. The van der Waals surface area contributed by atoms with Gasteiger partial charge >= 0.3 is 0 Å². The van der Waals surface area contributed by atoms with Gasteiger partial charge in [0, 0.05) is 19.2 Å². The number of hydrogen-bond acceptors (Lipinski definition) is 2. The van der Waals surface area contributed by atoms with E-state index in [2.05, 4.69) is 0 Å². The van der Waals surface area contributed by atoms with Crippen molar-refractivity contribution in [2.75, 3.05) is 13.6 Å². The van der Waals surface area contributed by atoms with Gasteiger partial charge < -0.3 is 10.0 Å². The topological polar surface area (TPSA) is 40.5 Å². The van der Waals surface area contributed by atoms with Gasteiger partial charge in [-0.2, -0.15) is 0 Å². The molecule has 1 aromatic carbocycles. The smallest absolute Gasteiger partial charge is 0.226 e. The Balaban J connectivity index is 2.73. The lowest BCUT2D eigenvalue weighted by Gasteiger charge is -2.25. The van der Waals surface area contributed by atoms with Crippen molar-refractivity contribution in [2.24, 2.45) is 0 Å². The molecule has 0 atom stereocenters. The maximum Gasteiger partial charge on any atom is 0.226 e. The molecule has 0 saturated heterocycles. The van der Waals surface area contributed by atoms with E-state index >= 15 is 0 Å². The quantitative estimate of drug-likeness (QED) is 0.892. The van der Waals surface area contributed by atoms with Gasteiger partial charge in [0.25, 0.3) is 0 Å². The zero-order valence-electron chi connectivity index (χ0n) is 10.7. The third kappa shape index (κ3) is 4.07. The van der Waals surface area contributed by atoms with Crippen molar-refractivity contribution in [3.63, 3.8) is 0 Å². The van der Waals surface area contributed by atoms with Crippen LogP contribution >= 0.6 is 0 Å². The number of carbonyl (C=O) groups is 1. The fourth-order valence-corrected chi connectivity index (χ4v) is 1.65. The number of likely N-dealkylation sites (N-methyl/N-ethyl adjacent to an activating group) is 1. The molecule has 18 heavy (non-hydrogen) atoms. The molecule has 0 radical (unpaired) electrons. The summed E-state index contributed by atoms with van der Waals surface area (Å²) in [5.74, 6) is -2.34. The van der Waals surface area contributed by atoms with Gasteiger partial charge in [-0.1, -0.05) is 12.1 Å². The highest BCUT2D eigenvalue weighted by Crippen LogP contribution is 2.13. The number of halogens is 2. The summed E-state index contributed by atoms with van der Waals surface area (Å²) in [4.78, 5) is 13.1. The van der Waals surface area contributed by atoms with Crippen molar-refractivity contribution < 1.29 is 18.7 Å². The summed E-state index contributed by atoms with van der Waals surface area (Å²) in [6, 6.07) is 3.73. The average Bonchev–Trinajstić information content (AvgIpc) is 2.22. The Bertz CT molecular complexity index is 441. The van der Waals surface area contributed by atoms with E-state index in [1.54, 1.807) is 13.8 Å². The predicted molar refractivity (Wildman–Crippen MR) is 64.0 cm³/mol. The van der Waals surface area contributed by atoms with Crippen molar-refractivity contribution >= 4 is 5.91 Å². The molecule has 0 aromatic heterocycles. The van der Waals surface area contributed by atoms with Gasteiger partial charge in [-0.05, 0) is 19.9 Å². The third-order valence-corrected chi connectivity index (χ3v) is 2.42. The standard InChI is InChI=1S/C13H17F2NO2/c1-13(2,18)8-16(3)11(17)7-9-5-4-6-10(14)12(9)15/h4-6,18H,7-8H2,1-3H3. The first-order chi connectivity index (χ1) is 8.20. The Morgan fingerprint density at radius 3 is 2.56 bits per heavy atom. The maximum atomic E-state index is 13.4. The van der Waals surface area contributed by atoms with Gasteiger partial charge in [0.2, 0.25) is 5.91 Å². The molecule has 0 saturated carbocycles. The van der Waals surface area contributed by atoms with Gasteiger partial charge in [-0.3, -0.25) is 4.79 Å². The van der Waals surface area contributed by atoms with Crippen molar-refractivity contribution in [2.45, 2.75) is 25.9 Å². The maximum absolute atomic E-state index is 13.4. The van der Waals surface area contributed by atoms with Gasteiger partial charge in [0.1, 0.15) is 0 Å². The third-order valence-electron chi connectivity index (χ3n) is 2.42. The van der Waals surface area contributed by atoms with Gasteiger partial charge in [0.15, 0.2) is 11.6 Å². The molecule has 0 bridgehead atoms. The Labute approximate surface area is 105 Å². The van der Waals surface area contributed by atoms with Crippen molar-refractivity contribution in [1.82, 2.24) is 4.90 Å². The molecule has 0 spiro atoms. The minimum atomic E-state index is -1.02. The number of rotatable bonds is 4. The van der Waals surface area contributed by atoms with Crippen LogP contribution in [0.2, 0.25) is 0 Å². The summed E-state index contributed by atoms with van der Waals surface area (Å²) in [6.45, 7) is 3.27. The van der Waals surface area contributed by atoms with E-state index in [1.165, 1.54) is 24.1 Å². The number of nitrogens with zero attached hydrogens (tertiary/aromatic N) is 1. The summed E-state index contributed by atoms with van der Waals surface area (Å²) in [6.07, 6.45) is -0.226. The summed E-state index contributed by atoms with van der Waals surface area (Å²) in [5.41, 5.74) is -1.01. The van der Waals surface area contributed by atoms with Crippen LogP contribution in [0.1, 0.15) is 19.4 Å². The highest BCUT2D eigenvalue weighted by molar-refractivity contribution is 5.78. The number of carbonyl (C=O) groups excluding carboxylic acids is 1. The second-order valence-corrected chi connectivity index (χ2v) is 4.95. The second-order valence-electron chi connectivity index (χ2n) is 4.95.